The van der Waals surface area contributed by atoms with E-state index in [0.717, 1.165) is 18.3 Å². The quantitative estimate of drug-likeness (QED) is 0.284. The van der Waals surface area contributed by atoms with Crippen molar-refractivity contribution in [1.82, 2.24) is 0 Å². The molecule has 0 aliphatic heterocycles. The van der Waals surface area contributed by atoms with Crippen LogP contribution in [0.15, 0.2) is 73.8 Å². The molecule has 2 aromatic rings. The lowest BCUT2D eigenvalue weighted by molar-refractivity contribution is 0.398. The third-order valence-corrected chi connectivity index (χ3v) is 4.57. The maximum Gasteiger partial charge on any atom is -0.0307 e. The molecule has 0 fully saturated rings. The van der Waals surface area contributed by atoms with Crippen LogP contribution in [0.5, 0.6) is 0 Å². The number of benzene rings is 2. The Morgan fingerprint density at radius 3 is 0.833 bits per heavy atom. The third kappa shape index (κ3) is 167. The number of unbranched alkanes of at least 4 members (excludes halogenated alkanes) is 1. The summed E-state index contributed by atoms with van der Waals surface area (Å²) in [7, 11) is 0. The fourth-order valence-electron chi connectivity index (χ4n) is 1.25. The van der Waals surface area contributed by atoms with Crippen LogP contribution in [-0.2, 0) is 6.42 Å². The topological polar surface area (TPSA) is 0 Å². The van der Waals surface area contributed by atoms with Crippen LogP contribution in [0.1, 0.15) is 202 Å². The molecular formula is C48H100. The standard InChI is InChI=1S/C8H10.C7H8.C6H14.2C5H12.2C4H10.C3H8.2C2H6.C2H4/c1-2-8-6-4-3-5-7-8;1-7-5-3-2-4-6-7;1-5-6(2,3)4;1-5(2,3)4;1-4-5(2)3;1-4(2)3;1-3-4-2;1-3-2;3*1-2/h3-7H,2H2,1H3;2-6H,1H3;5H2,1-4H3;1-4H3;5H,4H2,1-3H3;4H,1-3H3;3-4H2,1-2H3;3H2,1-2H3;2*1-2H3;1-2H2. The maximum atomic E-state index is 3.00. The van der Waals surface area contributed by atoms with E-state index >= 15 is 0 Å². The van der Waals surface area contributed by atoms with Gasteiger partial charge < -0.3 is 0 Å². The lowest BCUT2D eigenvalue weighted by Crippen LogP contribution is -2.00. The van der Waals surface area contributed by atoms with Gasteiger partial charge in [-0.3, -0.25) is 0 Å². The molecule has 0 bridgehead atoms. The molecule has 0 radical (unpaired) electrons. The predicted molar refractivity (Wildman–Crippen MR) is 238 cm³/mol. The molecule has 0 saturated carbocycles. The summed E-state index contributed by atoms with van der Waals surface area (Å²) in [6.07, 6.45) is 7.60. The lowest BCUT2D eigenvalue weighted by Gasteiger charge is -2.12. The number of rotatable bonds is 3. The summed E-state index contributed by atoms with van der Waals surface area (Å²) < 4.78 is 0. The van der Waals surface area contributed by atoms with Gasteiger partial charge >= 0.3 is 0 Å². The number of hydrogen-bond donors (Lipinski definition) is 0. The van der Waals surface area contributed by atoms with E-state index in [9.17, 15) is 0 Å². The summed E-state index contributed by atoms with van der Waals surface area (Å²) >= 11 is 0. The summed E-state index contributed by atoms with van der Waals surface area (Å²) in [5.41, 5.74) is 3.77. The molecule has 0 nitrogen and oxygen atoms in total. The molecule has 48 heavy (non-hydrogen) atoms. The third-order valence-electron chi connectivity index (χ3n) is 4.57. The molecule has 0 aliphatic carbocycles. The van der Waals surface area contributed by atoms with Gasteiger partial charge in [-0.05, 0) is 41.6 Å². The second-order valence-corrected chi connectivity index (χ2v) is 14.6. The summed E-state index contributed by atoms with van der Waals surface area (Å²) in [6, 6.07) is 20.7. The van der Waals surface area contributed by atoms with Crippen molar-refractivity contribution in [3.8, 4) is 0 Å². The van der Waals surface area contributed by atoms with Gasteiger partial charge in [0.15, 0.2) is 0 Å². The van der Waals surface area contributed by atoms with Crippen molar-refractivity contribution in [3.63, 3.8) is 0 Å². The van der Waals surface area contributed by atoms with Crippen molar-refractivity contribution < 1.29 is 0 Å². The largest absolute Gasteiger partial charge is 0.106 e. The highest BCUT2D eigenvalue weighted by Crippen LogP contribution is 2.16. The highest BCUT2D eigenvalue weighted by molar-refractivity contribution is 5.14. The van der Waals surface area contributed by atoms with Crippen LogP contribution in [0.3, 0.4) is 0 Å². The fourth-order valence-corrected chi connectivity index (χ4v) is 1.25. The van der Waals surface area contributed by atoms with Gasteiger partial charge in [-0.2, -0.15) is 0 Å². The molecule has 0 amide bonds. The van der Waals surface area contributed by atoms with Crippen LogP contribution in [0.2, 0.25) is 0 Å². The van der Waals surface area contributed by atoms with Crippen molar-refractivity contribution in [3.05, 3.63) is 84.9 Å². The Labute approximate surface area is 311 Å². The highest BCUT2D eigenvalue weighted by atomic mass is 14.1. The molecule has 0 N–H and O–H groups in total. The first kappa shape index (κ1) is 68.2. The van der Waals surface area contributed by atoms with Crippen LogP contribution in [-0.4, -0.2) is 0 Å². The van der Waals surface area contributed by atoms with E-state index in [4.69, 9.17) is 0 Å². The highest BCUT2D eigenvalue weighted by Gasteiger charge is 2.03. The Morgan fingerprint density at radius 1 is 0.542 bits per heavy atom. The minimum Gasteiger partial charge on any atom is -0.106 e. The Kier molecular flexibility index (Phi) is 85.9. The molecule has 0 saturated heterocycles. The van der Waals surface area contributed by atoms with Gasteiger partial charge in [0.2, 0.25) is 0 Å². The minimum atomic E-state index is 0.500. The molecule has 0 heterocycles. The fraction of sp³-hybridized carbons (Fsp3) is 0.708. The van der Waals surface area contributed by atoms with Crippen LogP contribution in [0, 0.1) is 29.6 Å². The minimum absolute atomic E-state index is 0.500. The summed E-state index contributed by atoms with van der Waals surface area (Å²) in [5, 5.41) is 0. The van der Waals surface area contributed by atoms with Crippen LogP contribution in [0.4, 0.5) is 0 Å². The van der Waals surface area contributed by atoms with Gasteiger partial charge in [0, 0.05) is 0 Å². The zero-order valence-electron chi connectivity index (χ0n) is 38.6. The second kappa shape index (κ2) is 60.5. The molecule has 292 valence electrons. The van der Waals surface area contributed by atoms with Crippen LogP contribution >= 0.6 is 0 Å². The van der Waals surface area contributed by atoms with E-state index in [1.54, 1.807) is 0 Å². The summed E-state index contributed by atoms with van der Waals surface area (Å²) in [6.45, 7) is 57.7. The summed E-state index contributed by atoms with van der Waals surface area (Å²) in [5.74, 6) is 1.72. The normalized spacial score (nSPS) is 8.62. The smallest absolute Gasteiger partial charge is 0.0307 e. The molecule has 2 aromatic carbocycles. The predicted octanol–water partition coefficient (Wildman–Crippen LogP) is 18.5. The second-order valence-electron chi connectivity index (χ2n) is 14.6. The molecule has 2 rings (SSSR count). The van der Waals surface area contributed by atoms with Crippen molar-refractivity contribution in [1.29, 1.82) is 0 Å². The van der Waals surface area contributed by atoms with Gasteiger partial charge in [0.1, 0.15) is 0 Å². The monoisotopic (exact) mass is 677 g/mol. The van der Waals surface area contributed by atoms with E-state index in [1.807, 2.05) is 52.0 Å². The van der Waals surface area contributed by atoms with E-state index in [0.29, 0.717) is 10.8 Å². The van der Waals surface area contributed by atoms with Gasteiger partial charge in [-0.25, -0.2) is 0 Å². The molecule has 0 unspecified atom stereocenters. The first-order valence-electron chi connectivity index (χ1n) is 19.8. The van der Waals surface area contributed by atoms with E-state index in [-0.39, 0.29) is 0 Å². The molecular weight excluding hydrogens is 577 g/mol. The Balaban J connectivity index is -0.0000000514. The van der Waals surface area contributed by atoms with Crippen LogP contribution < -0.4 is 0 Å². The van der Waals surface area contributed by atoms with E-state index in [2.05, 4.69) is 188 Å². The molecule has 0 spiro atoms. The van der Waals surface area contributed by atoms with Gasteiger partial charge in [-0.15, -0.1) is 13.2 Å². The zero-order chi connectivity index (χ0) is 40.6. The maximum absolute atomic E-state index is 3.00. The molecule has 0 aromatic heterocycles. The van der Waals surface area contributed by atoms with E-state index in [1.165, 1.54) is 43.2 Å². The Morgan fingerprint density at radius 2 is 0.750 bits per heavy atom. The van der Waals surface area contributed by atoms with Gasteiger partial charge in [-0.1, -0.05) is 258 Å². The van der Waals surface area contributed by atoms with Crippen molar-refractivity contribution >= 4 is 0 Å². The Hall–Kier alpha value is -1.82. The molecule has 0 heteroatoms. The zero-order valence-corrected chi connectivity index (χ0v) is 38.6. The first-order chi connectivity index (χ1) is 22.2. The van der Waals surface area contributed by atoms with Crippen molar-refractivity contribution in [2.75, 3.05) is 0 Å². The van der Waals surface area contributed by atoms with Crippen LogP contribution in [0.25, 0.3) is 0 Å². The molecule has 0 atom stereocenters. The average molecular weight is 677 g/mol. The summed E-state index contributed by atoms with van der Waals surface area (Å²) in [4.78, 5) is 0. The Bertz CT molecular complexity index is 655. The lowest BCUT2D eigenvalue weighted by atomic mass is 9.94. The number of aryl methyl sites for hydroxylation is 2. The van der Waals surface area contributed by atoms with Gasteiger partial charge in [0.25, 0.3) is 0 Å². The molecule has 0 aliphatic rings. The SMILES string of the molecule is C=C.CC.CC.CC(C)(C)C.CC(C)C.CCC.CCC(C)(C)C.CCC(C)C.CCCC.CCc1ccccc1.Cc1ccccc1. The van der Waals surface area contributed by atoms with Crippen molar-refractivity contribution in [2.24, 2.45) is 22.7 Å². The average Bonchev–Trinajstić information content (AvgIpc) is 3.04. The number of hydrogen-bond acceptors (Lipinski definition) is 0. The van der Waals surface area contributed by atoms with E-state index < -0.39 is 0 Å². The van der Waals surface area contributed by atoms with Crippen molar-refractivity contribution in [2.45, 2.75) is 205 Å². The first-order valence-corrected chi connectivity index (χ1v) is 19.8. The van der Waals surface area contributed by atoms with Gasteiger partial charge in [0.05, 0.1) is 0 Å².